The standard InChI is InChI=1S/C13H14ClN3O3S/c1-9(10-3-5-15-6-4-10)17(2)21(19,20)11-7-12(14)13(18)16-8-11/h3-9H,1-2H3,(H,16,18). The minimum Gasteiger partial charge on any atom is -0.326 e. The topological polar surface area (TPSA) is 83.1 Å². The highest BCUT2D eigenvalue weighted by Gasteiger charge is 2.27. The molecule has 0 spiro atoms. The van der Waals surface area contributed by atoms with Crippen LogP contribution in [0.25, 0.3) is 0 Å². The van der Waals surface area contributed by atoms with E-state index < -0.39 is 15.6 Å². The highest BCUT2D eigenvalue weighted by Crippen LogP contribution is 2.25. The van der Waals surface area contributed by atoms with Crippen molar-refractivity contribution in [1.82, 2.24) is 14.3 Å². The van der Waals surface area contributed by atoms with Crippen LogP contribution in [-0.2, 0) is 10.0 Å². The zero-order valence-corrected chi connectivity index (χ0v) is 13.0. The molecule has 0 saturated carbocycles. The monoisotopic (exact) mass is 327 g/mol. The SMILES string of the molecule is CC(c1ccncc1)N(C)S(=O)(=O)c1c[nH]c(=O)c(Cl)c1. The van der Waals surface area contributed by atoms with E-state index in [4.69, 9.17) is 11.6 Å². The van der Waals surface area contributed by atoms with E-state index >= 15 is 0 Å². The van der Waals surface area contributed by atoms with Crippen LogP contribution in [0.5, 0.6) is 0 Å². The summed E-state index contributed by atoms with van der Waals surface area (Å²) in [5, 5.41) is -0.166. The lowest BCUT2D eigenvalue weighted by Crippen LogP contribution is -2.30. The fourth-order valence-electron chi connectivity index (χ4n) is 1.81. The maximum atomic E-state index is 12.5. The molecule has 2 rings (SSSR count). The third-order valence-electron chi connectivity index (χ3n) is 3.24. The first-order chi connectivity index (χ1) is 9.84. The molecule has 0 bridgehead atoms. The molecule has 1 N–H and O–H groups in total. The van der Waals surface area contributed by atoms with Crippen LogP contribution in [0.2, 0.25) is 5.02 Å². The van der Waals surface area contributed by atoms with Gasteiger partial charge in [0, 0.05) is 31.7 Å². The van der Waals surface area contributed by atoms with Gasteiger partial charge in [-0.25, -0.2) is 8.42 Å². The molecule has 21 heavy (non-hydrogen) atoms. The molecular weight excluding hydrogens is 314 g/mol. The van der Waals surface area contributed by atoms with E-state index in [-0.39, 0.29) is 16.0 Å². The normalized spacial score (nSPS) is 13.3. The van der Waals surface area contributed by atoms with E-state index in [1.165, 1.54) is 11.4 Å². The van der Waals surface area contributed by atoms with Crippen LogP contribution in [0.4, 0.5) is 0 Å². The van der Waals surface area contributed by atoms with Gasteiger partial charge in [-0.2, -0.15) is 4.31 Å². The highest BCUT2D eigenvalue weighted by atomic mass is 35.5. The maximum absolute atomic E-state index is 12.5. The smallest absolute Gasteiger partial charge is 0.266 e. The lowest BCUT2D eigenvalue weighted by atomic mass is 10.1. The number of halogens is 1. The van der Waals surface area contributed by atoms with Crippen LogP contribution in [0.3, 0.4) is 0 Å². The van der Waals surface area contributed by atoms with E-state index in [9.17, 15) is 13.2 Å². The van der Waals surface area contributed by atoms with Gasteiger partial charge in [-0.15, -0.1) is 0 Å². The maximum Gasteiger partial charge on any atom is 0.266 e. The molecule has 0 aliphatic carbocycles. The fourth-order valence-corrected chi connectivity index (χ4v) is 3.39. The van der Waals surface area contributed by atoms with Gasteiger partial charge < -0.3 is 4.98 Å². The number of hydrogen-bond acceptors (Lipinski definition) is 4. The van der Waals surface area contributed by atoms with E-state index in [1.54, 1.807) is 31.5 Å². The Morgan fingerprint density at radius 1 is 1.33 bits per heavy atom. The number of aromatic nitrogens is 2. The molecule has 0 aliphatic heterocycles. The quantitative estimate of drug-likeness (QED) is 0.928. The van der Waals surface area contributed by atoms with Gasteiger partial charge >= 0.3 is 0 Å². The molecule has 0 amide bonds. The third kappa shape index (κ3) is 3.15. The summed E-state index contributed by atoms with van der Waals surface area (Å²) in [6.07, 6.45) is 4.34. The molecule has 0 aliphatic rings. The Hall–Kier alpha value is -1.70. The average molecular weight is 328 g/mol. The van der Waals surface area contributed by atoms with Crippen molar-refractivity contribution in [2.45, 2.75) is 17.9 Å². The van der Waals surface area contributed by atoms with E-state index in [0.29, 0.717) is 0 Å². The van der Waals surface area contributed by atoms with E-state index in [1.807, 2.05) is 0 Å². The predicted molar refractivity (Wildman–Crippen MR) is 79.7 cm³/mol. The van der Waals surface area contributed by atoms with Crippen molar-refractivity contribution in [3.63, 3.8) is 0 Å². The number of H-pyrrole nitrogens is 1. The average Bonchev–Trinajstić information content (AvgIpc) is 2.49. The molecular formula is C13H14ClN3O3S. The molecule has 0 radical (unpaired) electrons. The Labute approximate surface area is 127 Å². The molecule has 0 fully saturated rings. The molecule has 8 heteroatoms. The summed E-state index contributed by atoms with van der Waals surface area (Å²) in [7, 11) is -2.30. The Bertz CT molecular complexity index is 790. The number of nitrogens with one attached hydrogen (secondary N) is 1. The van der Waals surface area contributed by atoms with Crippen molar-refractivity contribution in [2.75, 3.05) is 7.05 Å². The summed E-state index contributed by atoms with van der Waals surface area (Å²) in [5.74, 6) is 0. The molecule has 2 aromatic heterocycles. The van der Waals surface area contributed by atoms with Crippen LogP contribution in [0.15, 0.2) is 46.5 Å². The third-order valence-corrected chi connectivity index (χ3v) is 5.43. The van der Waals surface area contributed by atoms with Crippen molar-refractivity contribution < 1.29 is 8.42 Å². The van der Waals surface area contributed by atoms with Gasteiger partial charge in [0.25, 0.3) is 5.56 Å². The molecule has 1 unspecified atom stereocenters. The molecule has 2 heterocycles. The summed E-state index contributed by atoms with van der Waals surface area (Å²) in [5.41, 5.74) is 0.284. The summed E-state index contributed by atoms with van der Waals surface area (Å²) in [6, 6.07) is 4.25. The Morgan fingerprint density at radius 2 is 1.95 bits per heavy atom. The Morgan fingerprint density at radius 3 is 2.52 bits per heavy atom. The van der Waals surface area contributed by atoms with Crippen molar-refractivity contribution in [1.29, 1.82) is 0 Å². The zero-order chi connectivity index (χ0) is 15.6. The van der Waals surface area contributed by atoms with Crippen molar-refractivity contribution in [3.05, 3.63) is 57.7 Å². The molecule has 2 aromatic rings. The first-order valence-electron chi connectivity index (χ1n) is 6.10. The molecule has 6 nitrogen and oxygen atoms in total. The number of pyridine rings is 2. The first-order valence-corrected chi connectivity index (χ1v) is 7.92. The Kier molecular flexibility index (Phi) is 4.46. The number of rotatable bonds is 4. The second-order valence-electron chi connectivity index (χ2n) is 4.49. The number of aromatic amines is 1. The zero-order valence-electron chi connectivity index (χ0n) is 11.4. The van der Waals surface area contributed by atoms with Gasteiger partial charge in [0.2, 0.25) is 10.0 Å². The summed E-state index contributed by atoms with van der Waals surface area (Å²) >= 11 is 5.69. The lowest BCUT2D eigenvalue weighted by Gasteiger charge is -2.24. The fraction of sp³-hybridized carbons (Fsp3) is 0.231. The largest absolute Gasteiger partial charge is 0.326 e. The minimum atomic E-state index is -3.77. The van der Waals surface area contributed by atoms with Crippen molar-refractivity contribution in [3.8, 4) is 0 Å². The van der Waals surface area contributed by atoms with Crippen LogP contribution in [0.1, 0.15) is 18.5 Å². The van der Waals surface area contributed by atoms with Crippen LogP contribution in [-0.4, -0.2) is 29.7 Å². The van der Waals surface area contributed by atoms with Crippen LogP contribution >= 0.6 is 11.6 Å². The second kappa shape index (κ2) is 5.97. The van der Waals surface area contributed by atoms with Crippen molar-refractivity contribution in [2.24, 2.45) is 0 Å². The summed E-state index contributed by atoms with van der Waals surface area (Å²) < 4.78 is 26.3. The van der Waals surface area contributed by atoms with E-state index in [2.05, 4.69) is 9.97 Å². The van der Waals surface area contributed by atoms with Gasteiger partial charge in [0.15, 0.2) is 0 Å². The Balaban J connectivity index is 2.39. The number of nitrogens with zero attached hydrogens (tertiary/aromatic N) is 2. The highest BCUT2D eigenvalue weighted by molar-refractivity contribution is 7.89. The van der Waals surface area contributed by atoms with Gasteiger partial charge in [0.05, 0.1) is 4.90 Å². The lowest BCUT2D eigenvalue weighted by molar-refractivity contribution is 0.398. The molecule has 1 atom stereocenters. The predicted octanol–water partition coefficient (Wildman–Crippen LogP) is 1.81. The number of hydrogen-bond donors (Lipinski definition) is 1. The first kappa shape index (κ1) is 15.7. The molecule has 0 aromatic carbocycles. The number of sulfonamides is 1. The molecule has 0 saturated heterocycles. The van der Waals surface area contributed by atoms with Crippen LogP contribution in [0, 0.1) is 0 Å². The van der Waals surface area contributed by atoms with Crippen LogP contribution < -0.4 is 5.56 Å². The summed E-state index contributed by atoms with van der Waals surface area (Å²) in [4.78, 5) is 17.4. The van der Waals surface area contributed by atoms with Gasteiger partial charge in [-0.1, -0.05) is 11.6 Å². The van der Waals surface area contributed by atoms with E-state index in [0.717, 1.165) is 17.8 Å². The molecule has 112 valence electrons. The summed E-state index contributed by atoms with van der Waals surface area (Å²) in [6.45, 7) is 1.76. The minimum absolute atomic E-state index is 0.0597. The van der Waals surface area contributed by atoms with Gasteiger partial charge in [0.1, 0.15) is 5.02 Å². The van der Waals surface area contributed by atoms with Crippen molar-refractivity contribution >= 4 is 21.6 Å². The second-order valence-corrected chi connectivity index (χ2v) is 6.89. The van der Waals surface area contributed by atoms with Gasteiger partial charge in [-0.3, -0.25) is 9.78 Å². The van der Waals surface area contributed by atoms with Gasteiger partial charge in [-0.05, 0) is 30.7 Å².